The molecule has 0 bridgehead atoms. The van der Waals surface area contributed by atoms with Crippen LogP contribution in [0.1, 0.15) is 46.6 Å². The van der Waals surface area contributed by atoms with E-state index in [9.17, 15) is 9.59 Å². The predicted molar refractivity (Wildman–Crippen MR) is 130 cm³/mol. The summed E-state index contributed by atoms with van der Waals surface area (Å²) in [5.74, 6) is 0.545. The van der Waals surface area contributed by atoms with E-state index in [1.807, 2.05) is 43.3 Å². The first-order valence-corrected chi connectivity index (χ1v) is 12.0. The molecule has 1 atom stereocenters. The lowest BCUT2D eigenvalue weighted by Crippen LogP contribution is -2.38. The Labute approximate surface area is 198 Å². The van der Waals surface area contributed by atoms with Gasteiger partial charge in [0.25, 0.3) is 5.91 Å². The number of benzene rings is 2. The molecule has 1 fully saturated rings. The Morgan fingerprint density at radius 3 is 2.62 bits per heavy atom. The summed E-state index contributed by atoms with van der Waals surface area (Å²) in [7, 11) is 1.61. The average molecular weight is 463 g/mol. The van der Waals surface area contributed by atoms with E-state index < -0.39 is 6.04 Å². The Bertz CT molecular complexity index is 1260. The van der Waals surface area contributed by atoms with Crippen LogP contribution in [-0.4, -0.2) is 62.2 Å². The van der Waals surface area contributed by atoms with Crippen molar-refractivity contribution in [1.29, 1.82) is 0 Å². The van der Waals surface area contributed by atoms with Crippen molar-refractivity contribution in [2.24, 2.45) is 0 Å². The molecule has 178 valence electrons. The Kier molecular flexibility index (Phi) is 6.39. The van der Waals surface area contributed by atoms with Crippen LogP contribution in [0.25, 0.3) is 11.0 Å². The normalized spacial score (nSPS) is 18.5. The number of carbonyl (C=O) groups is 1. The van der Waals surface area contributed by atoms with Gasteiger partial charge in [-0.05, 0) is 36.6 Å². The lowest BCUT2D eigenvalue weighted by molar-refractivity contribution is 0.0353. The molecule has 0 N–H and O–H groups in total. The molecule has 2 aliphatic rings. The Balaban J connectivity index is 1.57. The highest BCUT2D eigenvalue weighted by Gasteiger charge is 2.43. The number of hydrogen-bond donors (Lipinski definition) is 0. The molecular formula is C27H30N2O5. The largest absolute Gasteiger partial charge is 0.496 e. The quantitative estimate of drug-likeness (QED) is 0.534. The zero-order chi connectivity index (χ0) is 23.7. The highest BCUT2D eigenvalue weighted by molar-refractivity contribution is 5.99. The number of rotatable bonds is 7. The average Bonchev–Trinajstić information content (AvgIpc) is 3.16. The van der Waals surface area contributed by atoms with E-state index in [4.69, 9.17) is 13.9 Å². The van der Waals surface area contributed by atoms with Gasteiger partial charge in [0, 0.05) is 31.7 Å². The third-order valence-electron chi connectivity index (χ3n) is 6.85. The maximum atomic E-state index is 13.8. The van der Waals surface area contributed by atoms with Crippen molar-refractivity contribution < 1.29 is 18.7 Å². The van der Waals surface area contributed by atoms with Crippen LogP contribution in [0.3, 0.4) is 0 Å². The first-order valence-electron chi connectivity index (χ1n) is 12.0. The molecule has 2 aliphatic heterocycles. The minimum absolute atomic E-state index is 0.143. The van der Waals surface area contributed by atoms with Gasteiger partial charge in [-0.1, -0.05) is 31.2 Å². The molecule has 0 aliphatic carbocycles. The van der Waals surface area contributed by atoms with Crippen molar-refractivity contribution in [2.75, 3.05) is 46.5 Å². The maximum Gasteiger partial charge on any atom is 0.290 e. The molecular weight excluding hydrogens is 432 g/mol. The SMILES string of the molecule is CCc1ccc2oc3c(c(=O)c2c1)C(c1ccccc1OC)N(CCCN1CCOCC1)C3=O. The van der Waals surface area contributed by atoms with Gasteiger partial charge < -0.3 is 18.8 Å². The number of carbonyl (C=O) groups excluding carboxylic acids is 1. The fourth-order valence-corrected chi connectivity index (χ4v) is 5.02. The summed E-state index contributed by atoms with van der Waals surface area (Å²) < 4.78 is 17.2. The van der Waals surface area contributed by atoms with Gasteiger partial charge in [-0.2, -0.15) is 0 Å². The molecule has 5 rings (SSSR count). The number of aryl methyl sites for hydroxylation is 1. The molecule has 1 saturated heterocycles. The molecule has 1 amide bonds. The van der Waals surface area contributed by atoms with Gasteiger partial charge in [-0.25, -0.2) is 0 Å². The Morgan fingerprint density at radius 2 is 1.85 bits per heavy atom. The van der Waals surface area contributed by atoms with Gasteiger partial charge in [-0.15, -0.1) is 0 Å². The summed E-state index contributed by atoms with van der Waals surface area (Å²) in [5, 5.41) is 0.515. The molecule has 0 radical (unpaired) electrons. The number of hydrogen-bond acceptors (Lipinski definition) is 6. The Morgan fingerprint density at radius 1 is 1.06 bits per heavy atom. The highest BCUT2D eigenvalue weighted by Crippen LogP contribution is 2.41. The molecule has 3 heterocycles. The topological polar surface area (TPSA) is 72.2 Å². The van der Waals surface area contributed by atoms with E-state index in [0.29, 0.717) is 28.8 Å². The molecule has 34 heavy (non-hydrogen) atoms. The van der Waals surface area contributed by atoms with Crippen molar-refractivity contribution in [3.05, 3.63) is 75.1 Å². The summed E-state index contributed by atoms with van der Waals surface area (Å²) in [4.78, 5) is 31.5. The summed E-state index contributed by atoms with van der Waals surface area (Å²) in [6.45, 7) is 6.70. The van der Waals surface area contributed by atoms with Crippen LogP contribution in [0.15, 0.2) is 51.7 Å². The van der Waals surface area contributed by atoms with Crippen LogP contribution in [0.5, 0.6) is 5.75 Å². The van der Waals surface area contributed by atoms with Crippen LogP contribution in [-0.2, 0) is 11.2 Å². The van der Waals surface area contributed by atoms with Crippen molar-refractivity contribution >= 4 is 16.9 Å². The van der Waals surface area contributed by atoms with E-state index in [-0.39, 0.29) is 17.1 Å². The number of nitrogens with zero attached hydrogens (tertiary/aromatic N) is 2. The minimum Gasteiger partial charge on any atom is -0.496 e. The summed E-state index contributed by atoms with van der Waals surface area (Å²) in [5.41, 5.74) is 2.55. The van der Waals surface area contributed by atoms with E-state index in [2.05, 4.69) is 4.90 Å². The zero-order valence-corrected chi connectivity index (χ0v) is 19.7. The molecule has 2 aromatic carbocycles. The molecule has 0 spiro atoms. The highest BCUT2D eigenvalue weighted by atomic mass is 16.5. The summed E-state index contributed by atoms with van der Waals surface area (Å²) >= 11 is 0. The first kappa shape index (κ1) is 22.6. The third kappa shape index (κ3) is 3.99. The van der Waals surface area contributed by atoms with Gasteiger partial charge in [0.2, 0.25) is 5.76 Å². The fourth-order valence-electron chi connectivity index (χ4n) is 5.02. The van der Waals surface area contributed by atoms with Gasteiger partial charge in [0.15, 0.2) is 5.43 Å². The Hall–Kier alpha value is -3.16. The standard InChI is InChI=1S/C27H30N2O5/c1-3-18-9-10-22-20(17-18)25(30)23-24(19-7-4-5-8-21(19)32-2)29(27(31)26(23)34-22)12-6-11-28-13-15-33-16-14-28/h4-5,7-10,17,24H,3,6,11-16H2,1-2H3. The first-order chi connectivity index (χ1) is 16.6. The number of morpholine rings is 1. The van der Waals surface area contributed by atoms with Gasteiger partial charge in [0.05, 0.1) is 37.3 Å². The smallest absolute Gasteiger partial charge is 0.290 e. The summed E-state index contributed by atoms with van der Waals surface area (Å²) in [6.07, 6.45) is 1.61. The number of ether oxygens (including phenoxy) is 2. The van der Waals surface area contributed by atoms with Crippen molar-refractivity contribution in [1.82, 2.24) is 9.80 Å². The van der Waals surface area contributed by atoms with Crippen molar-refractivity contribution in [3.63, 3.8) is 0 Å². The van der Waals surface area contributed by atoms with Crippen molar-refractivity contribution in [3.8, 4) is 5.75 Å². The molecule has 1 aromatic heterocycles. The predicted octanol–water partition coefficient (Wildman–Crippen LogP) is 3.63. The van der Waals surface area contributed by atoms with Crippen LogP contribution in [0, 0.1) is 0 Å². The number of para-hydroxylation sites is 1. The minimum atomic E-state index is -0.547. The number of fused-ring (bicyclic) bond motifs is 2. The lowest BCUT2D eigenvalue weighted by Gasteiger charge is -2.29. The molecule has 1 unspecified atom stereocenters. The summed E-state index contributed by atoms with van der Waals surface area (Å²) in [6, 6.07) is 12.6. The van der Waals surface area contributed by atoms with Crippen molar-refractivity contribution in [2.45, 2.75) is 25.8 Å². The molecule has 0 saturated carbocycles. The van der Waals surface area contributed by atoms with Gasteiger partial charge in [0.1, 0.15) is 11.3 Å². The molecule has 7 heteroatoms. The van der Waals surface area contributed by atoms with E-state index >= 15 is 0 Å². The second-order valence-corrected chi connectivity index (χ2v) is 8.81. The van der Waals surface area contributed by atoms with Crippen LogP contribution >= 0.6 is 0 Å². The molecule has 3 aromatic rings. The van der Waals surface area contributed by atoms with Crippen LogP contribution in [0.2, 0.25) is 0 Å². The fraction of sp³-hybridized carbons (Fsp3) is 0.407. The van der Waals surface area contributed by atoms with Crippen LogP contribution in [0.4, 0.5) is 0 Å². The second-order valence-electron chi connectivity index (χ2n) is 8.81. The number of amides is 1. The third-order valence-corrected chi connectivity index (χ3v) is 6.85. The lowest BCUT2D eigenvalue weighted by atomic mass is 9.97. The van der Waals surface area contributed by atoms with Crippen LogP contribution < -0.4 is 10.2 Å². The number of methoxy groups -OCH3 is 1. The maximum absolute atomic E-state index is 13.8. The van der Waals surface area contributed by atoms with Gasteiger partial charge >= 0.3 is 0 Å². The van der Waals surface area contributed by atoms with E-state index in [0.717, 1.165) is 56.8 Å². The molecule has 7 nitrogen and oxygen atoms in total. The monoisotopic (exact) mass is 462 g/mol. The second kappa shape index (κ2) is 9.60. The van der Waals surface area contributed by atoms with E-state index in [1.54, 1.807) is 18.1 Å². The zero-order valence-electron chi connectivity index (χ0n) is 19.7. The van der Waals surface area contributed by atoms with E-state index in [1.165, 1.54) is 0 Å². The van der Waals surface area contributed by atoms with Gasteiger partial charge in [-0.3, -0.25) is 14.5 Å².